The van der Waals surface area contributed by atoms with Gasteiger partial charge in [-0.1, -0.05) is 11.6 Å². The van der Waals surface area contributed by atoms with E-state index in [2.05, 4.69) is 5.32 Å². The second-order valence-electron chi connectivity index (χ2n) is 4.97. The van der Waals surface area contributed by atoms with Crippen LogP contribution >= 0.6 is 11.6 Å². The van der Waals surface area contributed by atoms with E-state index in [0.717, 1.165) is 0 Å². The number of aromatic carboxylic acids is 1. The fourth-order valence-electron chi connectivity index (χ4n) is 2.12. The highest BCUT2D eigenvalue weighted by atomic mass is 35.5. The Labute approximate surface area is 140 Å². The number of halogens is 1. The normalized spacial score (nSPS) is 10.2. The van der Waals surface area contributed by atoms with Gasteiger partial charge in [-0.15, -0.1) is 0 Å². The number of nitrogens with zero attached hydrogens (tertiary/aromatic N) is 1. The van der Waals surface area contributed by atoms with Crippen LogP contribution < -0.4 is 5.32 Å². The number of carboxylic acid groups (broad SMARTS) is 1. The van der Waals surface area contributed by atoms with Crippen molar-refractivity contribution in [3.05, 3.63) is 28.8 Å². The molecule has 0 radical (unpaired) electrons. The van der Waals surface area contributed by atoms with Crippen molar-refractivity contribution in [1.82, 2.24) is 4.90 Å². The lowest BCUT2D eigenvalue weighted by Crippen LogP contribution is -2.30. The predicted molar refractivity (Wildman–Crippen MR) is 88.8 cm³/mol. The molecule has 6 nitrogen and oxygen atoms in total. The van der Waals surface area contributed by atoms with Crippen molar-refractivity contribution in [2.75, 3.05) is 18.4 Å². The summed E-state index contributed by atoms with van der Waals surface area (Å²) in [7, 11) is 0. The number of carboxylic acids is 1. The summed E-state index contributed by atoms with van der Waals surface area (Å²) in [4.78, 5) is 36.2. The molecule has 2 amide bonds. The molecule has 2 N–H and O–H groups in total. The third-order valence-electron chi connectivity index (χ3n) is 3.39. The zero-order chi connectivity index (χ0) is 17.4. The number of hydrogen-bond donors (Lipinski definition) is 2. The lowest BCUT2D eigenvalue weighted by Gasteiger charge is -2.18. The van der Waals surface area contributed by atoms with E-state index >= 15 is 0 Å². The maximum absolute atomic E-state index is 11.8. The minimum atomic E-state index is -1.12. The van der Waals surface area contributed by atoms with Gasteiger partial charge in [-0.25, -0.2) is 4.79 Å². The second kappa shape index (κ2) is 9.15. The minimum Gasteiger partial charge on any atom is -0.478 e. The van der Waals surface area contributed by atoms with Crippen LogP contribution in [0.1, 0.15) is 43.5 Å². The van der Waals surface area contributed by atoms with Gasteiger partial charge in [0.15, 0.2) is 0 Å². The summed E-state index contributed by atoms with van der Waals surface area (Å²) in [5, 5.41) is 11.6. The predicted octanol–water partition coefficient (Wildman–Crippen LogP) is 3.02. The van der Waals surface area contributed by atoms with Gasteiger partial charge in [0.1, 0.15) is 0 Å². The molecule has 1 aromatic rings. The molecular formula is C16H21ClN2O4. The lowest BCUT2D eigenvalue weighted by atomic mass is 10.2. The number of anilines is 1. The highest BCUT2D eigenvalue weighted by Gasteiger charge is 2.12. The summed E-state index contributed by atoms with van der Waals surface area (Å²) in [6.45, 7) is 5.16. The zero-order valence-corrected chi connectivity index (χ0v) is 14.0. The standard InChI is InChI=1S/C16H21ClN2O4/c1-3-19(4-2)15(21)7-5-6-14(20)18-11-8-9-12(16(22)23)13(17)10-11/h8-10H,3-7H2,1-2H3,(H,18,20)(H,22,23). The molecular weight excluding hydrogens is 320 g/mol. The molecule has 0 aliphatic heterocycles. The van der Waals surface area contributed by atoms with Crippen LogP contribution in [0.5, 0.6) is 0 Å². The van der Waals surface area contributed by atoms with Crippen molar-refractivity contribution >= 4 is 35.1 Å². The van der Waals surface area contributed by atoms with E-state index in [4.69, 9.17) is 16.7 Å². The second-order valence-corrected chi connectivity index (χ2v) is 5.37. The van der Waals surface area contributed by atoms with Crippen LogP contribution in [0, 0.1) is 0 Å². The van der Waals surface area contributed by atoms with Crippen molar-refractivity contribution in [1.29, 1.82) is 0 Å². The Morgan fingerprint density at radius 1 is 1.17 bits per heavy atom. The number of carbonyl (C=O) groups excluding carboxylic acids is 2. The van der Waals surface area contributed by atoms with Gasteiger partial charge >= 0.3 is 5.97 Å². The fraction of sp³-hybridized carbons (Fsp3) is 0.438. The van der Waals surface area contributed by atoms with Gasteiger partial charge in [0.25, 0.3) is 0 Å². The van der Waals surface area contributed by atoms with E-state index in [1.807, 2.05) is 13.8 Å². The Morgan fingerprint density at radius 2 is 1.83 bits per heavy atom. The van der Waals surface area contributed by atoms with E-state index < -0.39 is 5.97 Å². The summed E-state index contributed by atoms with van der Waals surface area (Å²) in [6, 6.07) is 4.21. The summed E-state index contributed by atoms with van der Waals surface area (Å²) < 4.78 is 0. The van der Waals surface area contributed by atoms with Crippen LogP contribution in [0.2, 0.25) is 5.02 Å². The molecule has 0 bridgehead atoms. The van der Waals surface area contributed by atoms with Gasteiger partial charge in [0, 0.05) is 31.6 Å². The third-order valence-corrected chi connectivity index (χ3v) is 3.71. The molecule has 1 aromatic carbocycles. The molecule has 0 unspecified atom stereocenters. The number of nitrogens with one attached hydrogen (secondary N) is 1. The summed E-state index contributed by atoms with van der Waals surface area (Å²) in [6.07, 6.45) is 1.00. The Bertz CT molecular complexity index is 585. The van der Waals surface area contributed by atoms with Crippen molar-refractivity contribution in [2.24, 2.45) is 0 Å². The Balaban J connectivity index is 2.47. The van der Waals surface area contributed by atoms with Crippen LogP contribution in [0.15, 0.2) is 18.2 Å². The zero-order valence-electron chi connectivity index (χ0n) is 13.3. The third kappa shape index (κ3) is 5.90. The van der Waals surface area contributed by atoms with Crippen molar-refractivity contribution in [3.63, 3.8) is 0 Å². The van der Waals surface area contributed by atoms with Crippen molar-refractivity contribution in [2.45, 2.75) is 33.1 Å². The molecule has 126 valence electrons. The quantitative estimate of drug-likeness (QED) is 0.761. The smallest absolute Gasteiger partial charge is 0.337 e. The number of amides is 2. The molecule has 0 saturated heterocycles. The minimum absolute atomic E-state index is 0.0190. The first kappa shape index (κ1) is 19.0. The van der Waals surface area contributed by atoms with Crippen molar-refractivity contribution in [3.8, 4) is 0 Å². The molecule has 0 aromatic heterocycles. The lowest BCUT2D eigenvalue weighted by molar-refractivity contribution is -0.131. The Kier molecular flexibility index (Phi) is 7.54. The molecule has 7 heteroatoms. The van der Waals surface area contributed by atoms with Crippen LogP contribution in [-0.4, -0.2) is 40.9 Å². The summed E-state index contributed by atoms with van der Waals surface area (Å²) in [5.41, 5.74) is 0.412. The molecule has 0 saturated carbocycles. The van der Waals surface area contributed by atoms with Crippen LogP contribution in [-0.2, 0) is 9.59 Å². The molecule has 0 atom stereocenters. The van der Waals surface area contributed by atoms with Gasteiger partial charge in [-0.2, -0.15) is 0 Å². The van der Waals surface area contributed by atoms with E-state index in [0.29, 0.717) is 31.6 Å². The molecule has 0 aliphatic rings. The highest BCUT2D eigenvalue weighted by molar-refractivity contribution is 6.33. The van der Waals surface area contributed by atoms with Gasteiger partial charge in [0.2, 0.25) is 11.8 Å². The number of benzene rings is 1. The first-order valence-electron chi connectivity index (χ1n) is 7.49. The Morgan fingerprint density at radius 3 is 2.35 bits per heavy atom. The first-order valence-corrected chi connectivity index (χ1v) is 7.87. The average molecular weight is 341 g/mol. The SMILES string of the molecule is CCN(CC)C(=O)CCCC(=O)Nc1ccc(C(=O)O)c(Cl)c1. The van der Waals surface area contributed by atoms with E-state index in [1.165, 1.54) is 18.2 Å². The van der Waals surface area contributed by atoms with Crippen LogP contribution in [0.4, 0.5) is 5.69 Å². The molecule has 0 aliphatic carbocycles. The van der Waals surface area contributed by atoms with Gasteiger partial charge in [-0.3, -0.25) is 9.59 Å². The van der Waals surface area contributed by atoms with Crippen molar-refractivity contribution < 1.29 is 19.5 Å². The average Bonchev–Trinajstić information content (AvgIpc) is 2.48. The fourth-order valence-corrected chi connectivity index (χ4v) is 2.39. The van der Waals surface area contributed by atoms with Gasteiger partial charge in [0.05, 0.1) is 10.6 Å². The molecule has 0 fully saturated rings. The molecule has 23 heavy (non-hydrogen) atoms. The van der Waals surface area contributed by atoms with E-state index in [-0.39, 0.29) is 28.8 Å². The molecule has 0 heterocycles. The Hall–Kier alpha value is -2.08. The number of carbonyl (C=O) groups is 3. The maximum Gasteiger partial charge on any atom is 0.337 e. The molecule has 1 rings (SSSR count). The largest absolute Gasteiger partial charge is 0.478 e. The number of hydrogen-bond acceptors (Lipinski definition) is 3. The van der Waals surface area contributed by atoms with E-state index in [1.54, 1.807) is 4.90 Å². The first-order chi connectivity index (χ1) is 10.9. The van der Waals surface area contributed by atoms with Crippen LogP contribution in [0.3, 0.4) is 0 Å². The summed E-state index contributed by atoms with van der Waals surface area (Å²) >= 11 is 5.84. The van der Waals surface area contributed by atoms with Crippen LogP contribution in [0.25, 0.3) is 0 Å². The maximum atomic E-state index is 11.8. The monoisotopic (exact) mass is 340 g/mol. The topological polar surface area (TPSA) is 86.7 Å². The van der Waals surface area contributed by atoms with E-state index in [9.17, 15) is 14.4 Å². The number of rotatable bonds is 8. The highest BCUT2D eigenvalue weighted by Crippen LogP contribution is 2.21. The molecule has 0 spiro atoms. The van der Waals surface area contributed by atoms with Gasteiger partial charge in [-0.05, 0) is 38.5 Å². The van der Waals surface area contributed by atoms with Gasteiger partial charge < -0.3 is 15.3 Å². The summed E-state index contributed by atoms with van der Waals surface area (Å²) in [5.74, 6) is -1.32.